The van der Waals surface area contributed by atoms with Gasteiger partial charge in [-0.15, -0.1) is 0 Å². The molecule has 0 N–H and O–H groups in total. The molecule has 72 valence electrons. The van der Waals surface area contributed by atoms with Gasteiger partial charge < -0.3 is 4.74 Å². The highest BCUT2D eigenvalue weighted by Gasteiger charge is 1.90. The first-order chi connectivity index (χ1) is 5.95. The average molecular weight is 178 g/mol. The largest absolute Gasteiger partial charge is 0.472 e. The molecule has 0 atom stereocenters. The Kier molecular flexibility index (Phi) is 4.90. The van der Waals surface area contributed by atoms with E-state index in [1.54, 1.807) is 12.5 Å². The molecule has 0 aromatic rings. The second kappa shape index (κ2) is 5.41. The van der Waals surface area contributed by atoms with Crippen molar-refractivity contribution in [2.45, 2.75) is 27.7 Å². The first-order valence-corrected chi connectivity index (χ1v) is 4.26. The summed E-state index contributed by atoms with van der Waals surface area (Å²) in [5, 5.41) is 0. The zero-order valence-electron chi connectivity index (χ0n) is 8.98. The third-order valence-electron chi connectivity index (χ3n) is 1.84. The molecular weight excluding hydrogens is 160 g/mol. The Morgan fingerprint density at radius 2 is 1.15 bits per heavy atom. The molecule has 0 radical (unpaired) electrons. The van der Waals surface area contributed by atoms with Crippen LogP contribution >= 0.6 is 0 Å². The smallest absolute Gasteiger partial charge is 0.0933 e. The van der Waals surface area contributed by atoms with Crippen LogP contribution < -0.4 is 0 Å². The van der Waals surface area contributed by atoms with Gasteiger partial charge in [0.05, 0.1) is 12.5 Å². The van der Waals surface area contributed by atoms with E-state index in [0.29, 0.717) is 0 Å². The monoisotopic (exact) mass is 178 g/mol. The van der Waals surface area contributed by atoms with Gasteiger partial charge in [0.2, 0.25) is 0 Å². The van der Waals surface area contributed by atoms with Crippen molar-refractivity contribution >= 4 is 0 Å². The topological polar surface area (TPSA) is 9.23 Å². The molecule has 0 aliphatic carbocycles. The van der Waals surface area contributed by atoms with Crippen LogP contribution in [0.15, 0.2) is 48.0 Å². The first-order valence-electron chi connectivity index (χ1n) is 4.26. The van der Waals surface area contributed by atoms with Gasteiger partial charge in [0.1, 0.15) is 0 Å². The lowest BCUT2D eigenvalue weighted by atomic mass is 10.2. The Hall–Kier alpha value is -1.24. The van der Waals surface area contributed by atoms with E-state index >= 15 is 0 Å². The molecule has 0 bridgehead atoms. The molecule has 0 fully saturated rings. The molecule has 0 saturated heterocycles. The predicted octanol–water partition coefficient (Wildman–Crippen LogP) is 3.96. The normalized spacial score (nSPS) is 12.6. The zero-order chi connectivity index (χ0) is 10.4. The molecule has 1 heteroatoms. The van der Waals surface area contributed by atoms with Gasteiger partial charge in [0, 0.05) is 0 Å². The van der Waals surface area contributed by atoms with E-state index in [0.717, 1.165) is 22.3 Å². The molecule has 0 aromatic carbocycles. The molecule has 0 spiro atoms. The molecule has 0 heterocycles. The minimum atomic E-state index is 1.02. The van der Waals surface area contributed by atoms with Crippen LogP contribution in [0.4, 0.5) is 0 Å². The third-order valence-corrected chi connectivity index (χ3v) is 1.84. The summed E-state index contributed by atoms with van der Waals surface area (Å²) in [6.45, 7) is 15.4. The quantitative estimate of drug-likeness (QED) is 0.467. The Morgan fingerprint density at radius 3 is 1.38 bits per heavy atom. The van der Waals surface area contributed by atoms with Crippen LogP contribution in [0.25, 0.3) is 0 Å². The van der Waals surface area contributed by atoms with Crippen LogP contribution in [0.2, 0.25) is 0 Å². The molecule has 1 nitrogen and oxygen atoms in total. The van der Waals surface area contributed by atoms with Gasteiger partial charge >= 0.3 is 0 Å². The van der Waals surface area contributed by atoms with E-state index in [9.17, 15) is 0 Å². The lowest BCUT2D eigenvalue weighted by Gasteiger charge is -2.00. The average Bonchev–Trinajstić information content (AvgIpc) is 2.03. The summed E-state index contributed by atoms with van der Waals surface area (Å²) in [5.41, 5.74) is 4.12. The molecule has 0 amide bonds. The van der Waals surface area contributed by atoms with Crippen molar-refractivity contribution in [1.29, 1.82) is 0 Å². The summed E-state index contributed by atoms with van der Waals surface area (Å²) >= 11 is 0. The standard InChI is InChI=1S/C12H18O/c1-9(2)11(5)7-13-8-12(6)10(3)4/h7-8H,1,3H2,2,4-6H3. The summed E-state index contributed by atoms with van der Waals surface area (Å²) in [5.74, 6) is 0. The van der Waals surface area contributed by atoms with Crippen LogP contribution in [-0.2, 0) is 4.74 Å². The molecule has 0 aliphatic heterocycles. The molecule has 0 saturated carbocycles. The maximum atomic E-state index is 5.23. The Morgan fingerprint density at radius 1 is 0.846 bits per heavy atom. The zero-order valence-corrected chi connectivity index (χ0v) is 8.98. The van der Waals surface area contributed by atoms with Crippen LogP contribution in [-0.4, -0.2) is 0 Å². The van der Waals surface area contributed by atoms with Crippen molar-refractivity contribution in [3.8, 4) is 0 Å². The molecular formula is C12H18O. The molecule has 0 aliphatic rings. The fourth-order valence-corrected chi connectivity index (χ4v) is 0.439. The second-order valence-corrected chi connectivity index (χ2v) is 3.30. The van der Waals surface area contributed by atoms with Crippen molar-refractivity contribution in [2.24, 2.45) is 0 Å². The highest BCUT2D eigenvalue weighted by atomic mass is 16.5. The molecule has 0 rings (SSSR count). The van der Waals surface area contributed by atoms with Crippen molar-refractivity contribution in [1.82, 2.24) is 0 Å². The van der Waals surface area contributed by atoms with Gasteiger partial charge in [0.25, 0.3) is 0 Å². The predicted molar refractivity (Wildman–Crippen MR) is 58.2 cm³/mol. The van der Waals surface area contributed by atoms with Crippen LogP contribution in [0, 0.1) is 0 Å². The number of hydrogen-bond acceptors (Lipinski definition) is 1. The lowest BCUT2D eigenvalue weighted by Crippen LogP contribution is -1.81. The SMILES string of the molecule is C=C(C)C(C)=COC=C(C)C(=C)C. The van der Waals surface area contributed by atoms with Crippen LogP contribution in [0.1, 0.15) is 27.7 Å². The Balaban J connectivity index is 4.19. The molecule has 0 unspecified atom stereocenters. The minimum Gasteiger partial charge on any atom is -0.472 e. The van der Waals surface area contributed by atoms with E-state index in [4.69, 9.17) is 4.74 Å². The second-order valence-electron chi connectivity index (χ2n) is 3.30. The lowest BCUT2D eigenvalue weighted by molar-refractivity contribution is 0.395. The summed E-state index contributed by atoms with van der Waals surface area (Å²) in [6.07, 6.45) is 3.38. The molecule has 0 aromatic heterocycles. The van der Waals surface area contributed by atoms with Gasteiger partial charge in [-0.05, 0) is 38.8 Å². The Labute approximate surface area is 81.1 Å². The van der Waals surface area contributed by atoms with E-state index in [-0.39, 0.29) is 0 Å². The van der Waals surface area contributed by atoms with Gasteiger partial charge in [-0.3, -0.25) is 0 Å². The van der Waals surface area contributed by atoms with E-state index < -0.39 is 0 Å². The van der Waals surface area contributed by atoms with E-state index in [1.807, 2.05) is 27.7 Å². The number of rotatable bonds is 4. The van der Waals surface area contributed by atoms with Gasteiger partial charge in [0.15, 0.2) is 0 Å². The highest BCUT2D eigenvalue weighted by Crippen LogP contribution is 2.08. The van der Waals surface area contributed by atoms with E-state index in [1.165, 1.54) is 0 Å². The summed E-state index contributed by atoms with van der Waals surface area (Å²) in [7, 11) is 0. The fourth-order valence-electron chi connectivity index (χ4n) is 0.439. The summed E-state index contributed by atoms with van der Waals surface area (Å²) < 4.78 is 5.23. The van der Waals surface area contributed by atoms with Crippen molar-refractivity contribution in [3.63, 3.8) is 0 Å². The number of ether oxygens (including phenoxy) is 1. The number of allylic oxidation sites excluding steroid dienone is 4. The van der Waals surface area contributed by atoms with Gasteiger partial charge in [-0.2, -0.15) is 0 Å². The minimum absolute atomic E-state index is 1.02. The first kappa shape index (κ1) is 11.8. The third kappa shape index (κ3) is 5.07. The van der Waals surface area contributed by atoms with Crippen LogP contribution in [0.3, 0.4) is 0 Å². The fraction of sp³-hybridized carbons (Fsp3) is 0.333. The van der Waals surface area contributed by atoms with E-state index in [2.05, 4.69) is 13.2 Å². The molecule has 13 heavy (non-hydrogen) atoms. The van der Waals surface area contributed by atoms with Gasteiger partial charge in [-0.1, -0.05) is 24.3 Å². The Bertz CT molecular complexity index is 239. The summed E-state index contributed by atoms with van der Waals surface area (Å²) in [4.78, 5) is 0. The highest BCUT2D eigenvalue weighted by molar-refractivity contribution is 5.24. The van der Waals surface area contributed by atoms with Crippen molar-refractivity contribution < 1.29 is 4.74 Å². The maximum absolute atomic E-state index is 5.23. The summed E-state index contributed by atoms with van der Waals surface area (Å²) in [6, 6.07) is 0. The van der Waals surface area contributed by atoms with Crippen molar-refractivity contribution in [2.75, 3.05) is 0 Å². The van der Waals surface area contributed by atoms with Gasteiger partial charge in [-0.25, -0.2) is 0 Å². The maximum Gasteiger partial charge on any atom is 0.0933 e. The number of hydrogen-bond donors (Lipinski definition) is 0. The van der Waals surface area contributed by atoms with Crippen molar-refractivity contribution in [3.05, 3.63) is 48.0 Å². The van der Waals surface area contributed by atoms with Crippen LogP contribution in [0.5, 0.6) is 0 Å².